The van der Waals surface area contributed by atoms with Crippen LogP contribution in [0.25, 0.3) is 11.1 Å². The minimum absolute atomic E-state index is 0.0326. The van der Waals surface area contributed by atoms with Gasteiger partial charge in [0.1, 0.15) is 5.69 Å². The number of hydrogen-bond donors (Lipinski definition) is 3. The summed E-state index contributed by atoms with van der Waals surface area (Å²) >= 11 is 0. The number of aromatic nitrogens is 2. The van der Waals surface area contributed by atoms with Crippen LogP contribution in [0.4, 0.5) is 5.69 Å². The molecule has 8 heteroatoms. The first-order valence-corrected chi connectivity index (χ1v) is 9.70. The number of methoxy groups -OCH3 is 1. The second-order valence-corrected chi connectivity index (χ2v) is 6.92. The Morgan fingerprint density at radius 1 is 1.34 bits per heavy atom. The minimum Gasteiger partial charge on any atom is -0.481 e. The van der Waals surface area contributed by atoms with Crippen LogP contribution in [0.3, 0.4) is 0 Å². The first-order chi connectivity index (χ1) is 14.1. The van der Waals surface area contributed by atoms with E-state index in [1.165, 1.54) is 0 Å². The topological polar surface area (TPSA) is 99.3 Å². The van der Waals surface area contributed by atoms with Gasteiger partial charge >= 0.3 is 0 Å². The number of carbonyl (C=O) groups excluding carboxylic acids is 1. The third-order valence-corrected chi connectivity index (χ3v) is 4.93. The fraction of sp³-hybridized carbons (Fsp3) is 0.381. The second-order valence-electron chi connectivity index (χ2n) is 6.92. The largest absolute Gasteiger partial charge is 0.481 e. The predicted molar refractivity (Wildman–Crippen MR) is 113 cm³/mol. The number of amides is 1. The smallest absolute Gasteiger partial charge is 0.271 e. The lowest BCUT2D eigenvalue weighted by Crippen LogP contribution is -2.42. The molecule has 0 bridgehead atoms. The molecule has 0 aliphatic carbocycles. The molecule has 0 aromatic carbocycles. The van der Waals surface area contributed by atoms with Crippen LogP contribution in [0.5, 0.6) is 5.88 Å². The van der Waals surface area contributed by atoms with Gasteiger partial charge < -0.3 is 25.3 Å². The Balaban J connectivity index is 1.64. The maximum atomic E-state index is 12.3. The molecular weight excluding hydrogens is 370 g/mol. The van der Waals surface area contributed by atoms with Crippen molar-refractivity contribution in [2.45, 2.75) is 18.9 Å². The fourth-order valence-electron chi connectivity index (χ4n) is 3.31. The molecule has 2 aromatic rings. The summed E-state index contributed by atoms with van der Waals surface area (Å²) in [4.78, 5) is 33.2. The number of piperidine rings is 1. The highest BCUT2D eigenvalue weighted by atomic mass is 16.5. The van der Waals surface area contributed by atoms with Crippen molar-refractivity contribution in [1.82, 2.24) is 20.2 Å². The fourth-order valence-corrected chi connectivity index (χ4v) is 3.31. The number of anilines is 1. The third kappa shape index (κ3) is 5.45. The number of likely N-dealkylation sites (N-methyl/N-ethyl adjacent to an activating group) is 1. The summed E-state index contributed by atoms with van der Waals surface area (Å²) in [5, 5.41) is 6.32. The molecule has 0 radical (unpaired) electrons. The lowest BCUT2D eigenvalue weighted by atomic mass is 10.0. The SMILES string of the molecule is CNC/C=C/C(=O)N1CCC(Nc2cc(-c3ccnc(OC)c3)c[nH]c2=O)CC1. The maximum Gasteiger partial charge on any atom is 0.271 e. The standard InChI is InChI=1S/C21H27N5O3/c1-22-8-3-4-20(27)26-10-6-17(7-11-26)25-18-12-16(14-24-21(18)28)15-5-9-23-19(13-15)29-2/h3-5,9,12-14,17,22,25H,6-8,10-11H2,1-2H3,(H,24,28)/b4-3+. The van der Waals surface area contributed by atoms with Crippen LogP contribution in [0.2, 0.25) is 0 Å². The van der Waals surface area contributed by atoms with E-state index in [0.29, 0.717) is 31.2 Å². The molecule has 0 saturated carbocycles. The Hall–Kier alpha value is -3.13. The van der Waals surface area contributed by atoms with Crippen molar-refractivity contribution in [2.24, 2.45) is 0 Å². The first kappa shape index (κ1) is 20.6. The number of nitrogens with zero attached hydrogens (tertiary/aromatic N) is 2. The Morgan fingerprint density at radius 2 is 2.14 bits per heavy atom. The number of nitrogens with one attached hydrogen (secondary N) is 3. The van der Waals surface area contributed by atoms with Crippen molar-refractivity contribution in [3.63, 3.8) is 0 Å². The summed E-state index contributed by atoms with van der Waals surface area (Å²) in [5.74, 6) is 0.550. The molecule has 8 nitrogen and oxygen atoms in total. The van der Waals surface area contributed by atoms with Crippen LogP contribution in [0.1, 0.15) is 12.8 Å². The number of hydrogen-bond acceptors (Lipinski definition) is 6. The zero-order valence-electron chi connectivity index (χ0n) is 16.8. The lowest BCUT2D eigenvalue weighted by molar-refractivity contribution is -0.126. The molecule has 0 spiro atoms. The van der Waals surface area contributed by atoms with Gasteiger partial charge in [-0.05, 0) is 37.6 Å². The van der Waals surface area contributed by atoms with Gasteiger partial charge in [0, 0.05) is 55.8 Å². The zero-order chi connectivity index (χ0) is 20.6. The molecule has 0 unspecified atom stereocenters. The van der Waals surface area contributed by atoms with Crippen molar-refractivity contribution in [2.75, 3.05) is 39.1 Å². The van der Waals surface area contributed by atoms with Crippen LogP contribution in [0.15, 0.2) is 47.5 Å². The van der Waals surface area contributed by atoms with E-state index in [0.717, 1.165) is 24.0 Å². The molecule has 154 valence electrons. The van der Waals surface area contributed by atoms with E-state index in [-0.39, 0.29) is 17.5 Å². The molecule has 3 heterocycles. The zero-order valence-corrected chi connectivity index (χ0v) is 16.8. The average Bonchev–Trinajstić information content (AvgIpc) is 2.76. The van der Waals surface area contributed by atoms with Crippen LogP contribution >= 0.6 is 0 Å². The van der Waals surface area contributed by atoms with E-state index < -0.39 is 0 Å². The van der Waals surface area contributed by atoms with E-state index in [9.17, 15) is 9.59 Å². The summed E-state index contributed by atoms with van der Waals surface area (Å²) in [6.07, 6.45) is 8.37. The molecule has 0 atom stereocenters. The predicted octanol–water partition coefficient (Wildman–Crippen LogP) is 1.62. The van der Waals surface area contributed by atoms with Crippen LogP contribution < -0.4 is 20.9 Å². The maximum absolute atomic E-state index is 12.3. The monoisotopic (exact) mass is 397 g/mol. The number of H-pyrrole nitrogens is 1. The second kappa shape index (κ2) is 9.88. The van der Waals surface area contributed by atoms with Gasteiger partial charge in [0.05, 0.1) is 7.11 Å². The highest BCUT2D eigenvalue weighted by Crippen LogP contribution is 2.23. The number of pyridine rings is 2. The van der Waals surface area contributed by atoms with Crippen molar-refractivity contribution < 1.29 is 9.53 Å². The summed E-state index contributed by atoms with van der Waals surface area (Å²) < 4.78 is 5.17. The quantitative estimate of drug-likeness (QED) is 0.614. The molecule has 29 heavy (non-hydrogen) atoms. The Labute approximate surface area is 170 Å². The molecule has 1 fully saturated rings. The van der Waals surface area contributed by atoms with Gasteiger partial charge in [-0.15, -0.1) is 0 Å². The van der Waals surface area contributed by atoms with Gasteiger partial charge in [0.2, 0.25) is 11.8 Å². The molecule has 1 aliphatic rings. The normalized spacial score (nSPS) is 14.9. The highest BCUT2D eigenvalue weighted by molar-refractivity contribution is 5.87. The van der Waals surface area contributed by atoms with E-state index >= 15 is 0 Å². The van der Waals surface area contributed by atoms with Gasteiger partial charge in [0.15, 0.2) is 0 Å². The molecule has 3 N–H and O–H groups in total. The average molecular weight is 397 g/mol. The number of aromatic amines is 1. The Morgan fingerprint density at radius 3 is 2.86 bits per heavy atom. The summed E-state index contributed by atoms with van der Waals surface area (Å²) in [6.45, 7) is 2.01. The van der Waals surface area contributed by atoms with E-state index in [1.807, 2.05) is 36.2 Å². The van der Waals surface area contributed by atoms with Gasteiger partial charge in [-0.25, -0.2) is 4.98 Å². The van der Waals surface area contributed by atoms with Crippen LogP contribution in [-0.4, -0.2) is 60.6 Å². The highest BCUT2D eigenvalue weighted by Gasteiger charge is 2.22. The molecule has 1 amide bonds. The Bertz CT molecular complexity index is 917. The number of carbonyl (C=O) groups is 1. The van der Waals surface area contributed by atoms with Gasteiger partial charge in [0.25, 0.3) is 5.56 Å². The molecule has 3 rings (SSSR count). The summed E-state index contributed by atoms with van der Waals surface area (Å²) in [5.41, 5.74) is 2.14. The molecular formula is C21H27N5O3. The van der Waals surface area contributed by atoms with Crippen molar-refractivity contribution in [3.05, 3.63) is 53.1 Å². The van der Waals surface area contributed by atoms with Crippen LogP contribution in [-0.2, 0) is 4.79 Å². The van der Waals surface area contributed by atoms with Crippen molar-refractivity contribution in [3.8, 4) is 17.0 Å². The van der Waals surface area contributed by atoms with Crippen molar-refractivity contribution >= 4 is 11.6 Å². The summed E-state index contributed by atoms with van der Waals surface area (Å²) in [7, 11) is 3.41. The molecule has 1 aliphatic heterocycles. The molecule has 2 aromatic heterocycles. The minimum atomic E-state index is -0.164. The first-order valence-electron chi connectivity index (χ1n) is 9.70. The summed E-state index contributed by atoms with van der Waals surface area (Å²) in [6, 6.07) is 5.67. The number of rotatable bonds is 7. The van der Waals surface area contributed by atoms with E-state index in [4.69, 9.17) is 4.74 Å². The lowest BCUT2D eigenvalue weighted by Gasteiger charge is -2.32. The number of likely N-dealkylation sites (tertiary alicyclic amines) is 1. The van der Waals surface area contributed by atoms with E-state index in [1.54, 1.807) is 25.6 Å². The third-order valence-electron chi connectivity index (χ3n) is 4.93. The number of ether oxygens (including phenoxy) is 1. The van der Waals surface area contributed by atoms with Crippen molar-refractivity contribution in [1.29, 1.82) is 0 Å². The van der Waals surface area contributed by atoms with E-state index in [2.05, 4.69) is 20.6 Å². The Kier molecular flexibility index (Phi) is 7.02. The molecule has 1 saturated heterocycles. The van der Waals surface area contributed by atoms with Crippen LogP contribution in [0, 0.1) is 0 Å². The van der Waals surface area contributed by atoms with Gasteiger partial charge in [-0.2, -0.15) is 0 Å². The van der Waals surface area contributed by atoms with Gasteiger partial charge in [-0.3, -0.25) is 9.59 Å². The van der Waals surface area contributed by atoms with Gasteiger partial charge in [-0.1, -0.05) is 6.08 Å².